The molecule has 13 nitrogen and oxygen atoms in total. The lowest BCUT2D eigenvalue weighted by atomic mass is 9.95. The van der Waals surface area contributed by atoms with Crippen molar-refractivity contribution < 1.29 is 64.3 Å². The summed E-state index contributed by atoms with van der Waals surface area (Å²) in [7, 11) is 0. The number of ether oxygens (including phenoxy) is 4. The highest BCUT2D eigenvalue weighted by Crippen LogP contribution is 2.43. The topological polar surface area (TPSA) is 213 Å². The summed E-state index contributed by atoms with van der Waals surface area (Å²) >= 11 is 0. The van der Waals surface area contributed by atoms with Crippen molar-refractivity contribution in [1.82, 2.24) is 0 Å². The molecule has 2 heterocycles. The number of aliphatic hydroxyl groups is 3. The average Bonchev–Trinajstić information content (AvgIpc) is 2.96. The first-order valence-electron chi connectivity index (χ1n) is 13.1. The molecule has 5 rings (SSSR count). The van der Waals surface area contributed by atoms with Crippen molar-refractivity contribution in [3.8, 4) is 34.5 Å². The summed E-state index contributed by atoms with van der Waals surface area (Å²) in [6.45, 7) is -0.506. The Morgan fingerprint density at radius 3 is 2.35 bits per heavy atom. The second-order valence-corrected chi connectivity index (χ2v) is 9.99. The van der Waals surface area contributed by atoms with E-state index in [0.717, 1.165) is 12.1 Å². The first-order chi connectivity index (χ1) is 20.5. The van der Waals surface area contributed by atoms with Crippen LogP contribution in [0.5, 0.6) is 34.5 Å². The Bertz CT molecular complexity index is 1530. The number of benzene rings is 3. The Morgan fingerprint density at radius 2 is 1.63 bits per heavy atom. The van der Waals surface area contributed by atoms with E-state index in [-0.39, 0.29) is 35.0 Å². The predicted octanol–water partition coefficient (Wildman–Crippen LogP) is 1.66. The van der Waals surface area contributed by atoms with Gasteiger partial charge in [0.15, 0.2) is 17.3 Å². The number of esters is 1. The summed E-state index contributed by atoms with van der Waals surface area (Å²) in [6.07, 6.45) is -6.48. The van der Waals surface area contributed by atoms with Crippen molar-refractivity contribution in [2.75, 3.05) is 6.61 Å². The van der Waals surface area contributed by atoms with Crippen LogP contribution in [0, 0.1) is 0 Å². The fourth-order valence-corrected chi connectivity index (χ4v) is 4.68. The van der Waals surface area contributed by atoms with E-state index >= 15 is 0 Å². The summed E-state index contributed by atoms with van der Waals surface area (Å²) < 4.78 is 22.0. The Hall–Kier alpha value is -4.82. The van der Waals surface area contributed by atoms with Crippen molar-refractivity contribution >= 4 is 17.8 Å². The number of hydrogen-bond acceptors (Lipinski definition) is 13. The molecule has 226 valence electrons. The van der Waals surface area contributed by atoms with Gasteiger partial charge in [0, 0.05) is 18.2 Å². The van der Waals surface area contributed by atoms with Crippen LogP contribution < -0.4 is 9.47 Å². The van der Waals surface area contributed by atoms with Crippen LogP contribution in [-0.4, -0.2) is 84.8 Å². The monoisotopic (exact) mass is 596 g/mol. The maximum absolute atomic E-state index is 12.6. The van der Waals surface area contributed by atoms with Gasteiger partial charge in [0.1, 0.15) is 65.7 Å². The molecule has 0 bridgehead atoms. The number of aromatic hydroxyl groups is 4. The Morgan fingerprint density at radius 1 is 0.884 bits per heavy atom. The number of carbonyl (C=O) groups is 2. The molecular formula is C30H28O13. The molecule has 0 saturated carbocycles. The molecular weight excluding hydrogens is 568 g/mol. The number of phenolic OH excluding ortho intramolecular Hbond substituents is 4. The number of fused-ring (bicyclic) bond motifs is 1. The molecule has 43 heavy (non-hydrogen) atoms. The van der Waals surface area contributed by atoms with Crippen LogP contribution in [0.4, 0.5) is 0 Å². The zero-order chi connectivity index (χ0) is 30.8. The lowest BCUT2D eigenvalue weighted by molar-refractivity contribution is -0.278. The quantitative estimate of drug-likeness (QED) is 0.153. The molecule has 7 N–H and O–H groups in total. The van der Waals surface area contributed by atoms with Gasteiger partial charge in [0.25, 0.3) is 0 Å². The lowest BCUT2D eigenvalue weighted by Gasteiger charge is -2.39. The van der Waals surface area contributed by atoms with Crippen molar-refractivity contribution in [3.63, 3.8) is 0 Å². The van der Waals surface area contributed by atoms with E-state index in [1.165, 1.54) is 42.5 Å². The minimum absolute atomic E-state index is 0.0209. The number of hydrogen-bond donors (Lipinski definition) is 7. The fourth-order valence-electron chi connectivity index (χ4n) is 4.68. The van der Waals surface area contributed by atoms with E-state index in [2.05, 4.69) is 0 Å². The Kier molecular flexibility index (Phi) is 8.41. The summed E-state index contributed by atoms with van der Waals surface area (Å²) in [5.41, 5.74) is 0.917. The van der Waals surface area contributed by atoms with Gasteiger partial charge in [0.05, 0.1) is 6.42 Å². The molecule has 2 aliphatic heterocycles. The summed E-state index contributed by atoms with van der Waals surface area (Å²) in [5, 5.41) is 70.8. The Labute approximate surface area is 244 Å². The third-order valence-corrected chi connectivity index (χ3v) is 6.95. The third kappa shape index (κ3) is 6.49. The van der Waals surface area contributed by atoms with E-state index in [1.54, 1.807) is 12.1 Å². The second kappa shape index (κ2) is 12.2. The molecule has 0 radical (unpaired) electrons. The maximum Gasteiger partial charge on any atom is 0.330 e. The van der Waals surface area contributed by atoms with E-state index in [9.17, 15) is 45.3 Å². The van der Waals surface area contributed by atoms with Gasteiger partial charge in [-0.15, -0.1) is 0 Å². The van der Waals surface area contributed by atoms with Crippen LogP contribution in [0.2, 0.25) is 0 Å². The van der Waals surface area contributed by atoms with Gasteiger partial charge in [-0.2, -0.15) is 0 Å². The highest BCUT2D eigenvalue weighted by Gasteiger charge is 2.45. The van der Waals surface area contributed by atoms with Gasteiger partial charge in [-0.3, -0.25) is 4.79 Å². The summed E-state index contributed by atoms with van der Waals surface area (Å²) in [6, 6.07) is 12.3. The molecule has 0 amide bonds. The van der Waals surface area contributed by atoms with Gasteiger partial charge in [-0.05, 0) is 41.5 Å². The normalized spacial score (nSPS) is 25.1. The van der Waals surface area contributed by atoms with Gasteiger partial charge < -0.3 is 54.7 Å². The molecule has 6 atom stereocenters. The van der Waals surface area contributed by atoms with Crippen LogP contribution in [0.15, 0.2) is 60.7 Å². The third-order valence-electron chi connectivity index (χ3n) is 6.95. The largest absolute Gasteiger partial charge is 0.508 e. The molecule has 0 aromatic heterocycles. The SMILES string of the molecule is O=C(C=Cc1ccc(O)cc1)OCC1OC(Oc2ccc(C3CC(=O)c4c(O)cc(O)cc4O3)cc2O)C(O)C(O)C1O. The van der Waals surface area contributed by atoms with Gasteiger partial charge >= 0.3 is 5.97 Å². The minimum atomic E-state index is -1.74. The molecule has 3 aromatic carbocycles. The average molecular weight is 597 g/mol. The zero-order valence-electron chi connectivity index (χ0n) is 22.3. The highest BCUT2D eigenvalue weighted by atomic mass is 16.7. The standard InChI is InChI=1S/C30H28O13/c31-16-5-1-14(2-6-16)3-8-25(36)40-13-24-27(37)28(38)29(39)30(43-24)42-21-7-4-15(9-18(21)33)22-12-20(35)26-19(34)10-17(32)11-23(26)41-22/h1-11,22,24,27-34,37-39H,12-13H2. The molecule has 0 aliphatic carbocycles. The number of phenols is 4. The predicted molar refractivity (Wildman–Crippen MR) is 146 cm³/mol. The molecule has 0 spiro atoms. The number of ketones is 1. The fraction of sp³-hybridized carbons (Fsp3) is 0.267. The molecule has 3 aromatic rings. The van der Waals surface area contributed by atoms with Crippen molar-refractivity contribution in [3.05, 3.63) is 77.4 Å². The summed E-state index contributed by atoms with van der Waals surface area (Å²) in [4.78, 5) is 24.8. The maximum atomic E-state index is 12.6. The van der Waals surface area contributed by atoms with Gasteiger partial charge in [-0.1, -0.05) is 18.2 Å². The molecule has 13 heteroatoms. The van der Waals surface area contributed by atoms with Crippen LogP contribution in [0.1, 0.15) is 34.0 Å². The van der Waals surface area contributed by atoms with E-state index in [1.807, 2.05) is 0 Å². The van der Waals surface area contributed by atoms with Crippen LogP contribution in [-0.2, 0) is 14.3 Å². The Balaban J connectivity index is 1.23. The first-order valence-corrected chi connectivity index (χ1v) is 13.1. The van der Waals surface area contributed by atoms with E-state index in [4.69, 9.17) is 18.9 Å². The highest BCUT2D eigenvalue weighted by molar-refractivity contribution is 6.02. The summed E-state index contributed by atoms with van der Waals surface area (Å²) in [5.74, 6) is -2.50. The molecule has 1 fully saturated rings. The molecule has 1 saturated heterocycles. The smallest absolute Gasteiger partial charge is 0.330 e. The number of Topliss-reactive ketones (excluding diaryl/α,β-unsaturated/α-hetero) is 1. The number of rotatable bonds is 7. The van der Waals surface area contributed by atoms with E-state index < -0.39 is 66.7 Å². The number of carbonyl (C=O) groups excluding carboxylic acids is 2. The van der Waals surface area contributed by atoms with Crippen molar-refractivity contribution in [1.29, 1.82) is 0 Å². The molecule has 2 aliphatic rings. The minimum Gasteiger partial charge on any atom is -0.508 e. The van der Waals surface area contributed by atoms with Crippen LogP contribution >= 0.6 is 0 Å². The number of aliphatic hydroxyl groups excluding tert-OH is 3. The van der Waals surface area contributed by atoms with Gasteiger partial charge in [-0.25, -0.2) is 4.79 Å². The van der Waals surface area contributed by atoms with Crippen LogP contribution in [0.3, 0.4) is 0 Å². The zero-order valence-corrected chi connectivity index (χ0v) is 22.3. The van der Waals surface area contributed by atoms with Crippen LogP contribution in [0.25, 0.3) is 6.08 Å². The molecule has 6 unspecified atom stereocenters. The van der Waals surface area contributed by atoms with E-state index in [0.29, 0.717) is 11.1 Å². The van der Waals surface area contributed by atoms with Crippen molar-refractivity contribution in [2.24, 2.45) is 0 Å². The lowest BCUT2D eigenvalue weighted by Crippen LogP contribution is -2.60. The second-order valence-electron chi connectivity index (χ2n) is 9.99. The van der Waals surface area contributed by atoms with Crippen molar-refractivity contribution in [2.45, 2.75) is 43.2 Å². The first kappa shape index (κ1) is 29.7. The van der Waals surface area contributed by atoms with Gasteiger partial charge in [0.2, 0.25) is 6.29 Å².